The molecule has 0 aliphatic carbocycles. The zero-order chi connectivity index (χ0) is 16.3. The molecule has 0 amide bonds. The quantitative estimate of drug-likeness (QED) is 0.797. The summed E-state index contributed by atoms with van der Waals surface area (Å²) in [4.78, 5) is 38.8. The Bertz CT molecular complexity index is 751. The van der Waals surface area contributed by atoms with Gasteiger partial charge in [-0.3, -0.25) is 9.59 Å². The second kappa shape index (κ2) is 6.52. The van der Waals surface area contributed by atoms with Crippen LogP contribution in [0.25, 0.3) is 10.2 Å². The number of carbonyl (C=O) groups excluding carboxylic acids is 3. The van der Waals surface area contributed by atoms with E-state index in [0.717, 1.165) is 11.3 Å². The van der Waals surface area contributed by atoms with Crippen molar-refractivity contribution in [2.24, 2.45) is 0 Å². The smallest absolute Gasteiger partial charge is 0.352 e. The molecule has 0 aromatic carbocycles. The van der Waals surface area contributed by atoms with E-state index < -0.39 is 17.9 Å². The molecule has 0 aliphatic rings. The molecule has 0 radical (unpaired) electrons. The van der Waals surface area contributed by atoms with E-state index >= 15 is 0 Å². The fraction of sp³-hybridized carbons (Fsp3) is 0.286. The van der Waals surface area contributed by atoms with E-state index in [1.54, 1.807) is 13.0 Å². The van der Waals surface area contributed by atoms with Crippen molar-refractivity contribution >= 4 is 39.5 Å². The van der Waals surface area contributed by atoms with Crippen molar-refractivity contribution in [3.8, 4) is 11.6 Å². The van der Waals surface area contributed by atoms with E-state index in [1.165, 1.54) is 19.9 Å². The minimum absolute atomic E-state index is 0.103. The number of rotatable bonds is 4. The van der Waals surface area contributed by atoms with E-state index in [1.807, 2.05) is 0 Å². The van der Waals surface area contributed by atoms with Crippen LogP contribution in [0.3, 0.4) is 0 Å². The van der Waals surface area contributed by atoms with Crippen molar-refractivity contribution in [2.45, 2.75) is 20.8 Å². The Kier molecular flexibility index (Phi) is 4.71. The highest BCUT2D eigenvalue weighted by Crippen LogP contribution is 2.38. The number of esters is 3. The molecule has 2 heterocycles. The fourth-order valence-electron chi connectivity index (χ4n) is 1.72. The van der Waals surface area contributed by atoms with Crippen LogP contribution in [-0.4, -0.2) is 29.5 Å². The van der Waals surface area contributed by atoms with Crippen LogP contribution in [0, 0.1) is 0 Å². The van der Waals surface area contributed by atoms with E-state index in [9.17, 15) is 14.4 Å². The zero-order valence-electron chi connectivity index (χ0n) is 12.2. The Morgan fingerprint density at radius 3 is 2.41 bits per heavy atom. The first-order valence-electron chi connectivity index (χ1n) is 6.39. The molecular weight excluding hydrogens is 310 g/mol. The van der Waals surface area contributed by atoms with E-state index in [2.05, 4.69) is 4.98 Å². The number of ether oxygens (including phenoxy) is 3. The summed E-state index contributed by atoms with van der Waals surface area (Å²) in [6.07, 6.45) is 0. The predicted molar refractivity (Wildman–Crippen MR) is 78.2 cm³/mol. The lowest BCUT2D eigenvalue weighted by molar-refractivity contribution is -0.132. The number of nitrogens with zero attached hydrogens (tertiary/aromatic N) is 1. The van der Waals surface area contributed by atoms with Crippen LogP contribution in [0.4, 0.5) is 0 Å². The highest BCUT2D eigenvalue weighted by atomic mass is 32.1. The van der Waals surface area contributed by atoms with Gasteiger partial charge in [-0.25, -0.2) is 9.78 Å². The molecule has 0 fully saturated rings. The van der Waals surface area contributed by atoms with E-state index in [-0.39, 0.29) is 23.1 Å². The Balaban J connectivity index is 2.54. The number of hydrogen-bond donors (Lipinski definition) is 0. The molecule has 7 nitrogen and oxygen atoms in total. The largest absolute Gasteiger partial charge is 0.462 e. The summed E-state index contributed by atoms with van der Waals surface area (Å²) >= 11 is 1.00. The van der Waals surface area contributed by atoms with Crippen LogP contribution in [0.1, 0.15) is 30.4 Å². The van der Waals surface area contributed by atoms with Gasteiger partial charge in [0.05, 0.1) is 12.0 Å². The predicted octanol–water partition coefficient (Wildman–Crippen LogP) is 2.32. The molecule has 0 atom stereocenters. The molecule has 2 aromatic rings. The maximum atomic E-state index is 12.0. The van der Waals surface area contributed by atoms with Crippen molar-refractivity contribution in [1.82, 2.24) is 4.98 Å². The van der Waals surface area contributed by atoms with Gasteiger partial charge < -0.3 is 14.2 Å². The molecule has 0 bridgehead atoms. The SMILES string of the molecule is CCOC(=O)c1sc2nc(OC(C)=O)ccc2c1OC(C)=O. The summed E-state index contributed by atoms with van der Waals surface area (Å²) in [5.74, 6) is -1.46. The van der Waals surface area contributed by atoms with Gasteiger partial charge in [-0.2, -0.15) is 0 Å². The summed E-state index contributed by atoms with van der Waals surface area (Å²) in [7, 11) is 0. The summed E-state index contributed by atoms with van der Waals surface area (Å²) in [5, 5.41) is 0.471. The van der Waals surface area contributed by atoms with Gasteiger partial charge in [-0.15, -0.1) is 11.3 Å². The van der Waals surface area contributed by atoms with Gasteiger partial charge in [-0.1, -0.05) is 0 Å². The summed E-state index contributed by atoms with van der Waals surface area (Å²) in [6, 6.07) is 3.02. The molecule has 22 heavy (non-hydrogen) atoms. The molecule has 0 N–H and O–H groups in total. The van der Waals surface area contributed by atoms with Gasteiger partial charge in [0.15, 0.2) is 10.6 Å². The maximum absolute atomic E-state index is 12.0. The van der Waals surface area contributed by atoms with Crippen molar-refractivity contribution in [2.75, 3.05) is 6.61 Å². The van der Waals surface area contributed by atoms with E-state index in [4.69, 9.17) is 14.2 Å². The standard InChI is InChI=1S/C14H13NO6S/c1-4-19-14(18)12-11(21-8(3)17)9-5-6-10(20-7(2)16)15-13(9)22-12/h5-6H,4H2,1-3H3. The van der Waals surface area contributed by atoms with Crippen LogP contribution in [0.2, 0.25) is 0 Å². The maximum Gasteiger partial charge on any atom is 0.352 e. The topological polar surface area (TPSA) is 91.8 Å². The third kappa shape index (κ3) is 3.40. The van der Waals surface area contributed by atoms with Crippen LogP contribution in [0.15, 0.2) is 12.1 Å². The Morgan fingerprint density at radius 2 is 1.82 bits per heavy atom. The third-order valence-electron chi connectivity index (χ3n) is 2.44. The van der Waals surface area contributed by atoms with Crippen molar-refractivity contribution in [3.63, 3.8) is 0 Å². The first kappa shape index (κ1) is 15.9. The average molecular weight is 323 g/mol. The van der Waals surface area contributed by atoms with Gasteiger partial charge in [-0.05, 0) is 13.0 Å². The lowest BCUT2D eigenvalue weighted by atomic mass is 10.3. The lowest BCUT2D eigenvalue weighted by Gasteiger charge is -2.04. The van der Waals surface area contributed by atoms with Crippen LogP contribution < -0.4 is 9.47 Å². The molecule has 2 aromatic heterocycles. The van der Waals surface area contributed by atoms with Gasteiger partial charge in [0.25, 0.3) is 0 Å². The molecular formula is C14H13NO6S. The normalized spacial score (nSPS) is 10.3. The molecule has 0 saturated carbocycles. The second-order valence-electron chi connectivity index (χ2n) is 4.17. The van der Waals surface area contributed by atoms with Crippen LogP contribution in [0.5, 0.6) is 11.6 Å². The highest BCUT2D eigenvalue weighted by molar-refractivity contribution is 7.20. The number of aromatic nitrogens is 1. The number of fused-ring (bicyclic) bond motifs is 1. The van der Waals surface area contributed by atoms with Gasteiger partial charge in [0.1, 0.15) is 4.83 Å². The van der Waals surface area contributed by atoms with Crippen LogP contribution >= 0.6 is 11.3 Å². The van der Waals surface area contributed by atoms with Gasteiger partial charge in [0, 0.05) is 19.9 Å². The summed E-state index contributed by atoms with van der Waals surface area (Å²) < 4.78 is 14.9. The molecule has 116 valence electrons. The number of thiophene rings is 1. The van der Waals surface area contributed by atoms with Gasteiger partial charge in [0.2, 0.25) is 5.88 Å². The zero-order valence-corrected chi connectivity index (χ0v) is 13.0. The number of hydrogen-bond acceptors (Lipinski definition) is 8. The van der Waals surface area contributed by atoms with Crippen molar-refractivity contribution in [1.29, 1.82) is 0 Å². The molecule has 0 saturated heterocycles. The third-order valence-corrected chi connectivity index (χ3v) is 3.50. The second-order valence-corrected chi connectivity index (χ2v) is 5.17. The van der Waals surface area contributed by atoms with E-state index in [0.29, 0.717) is 10.2 Å². The Labute approximate surface area is 129 Å². The highest BCUT2D eigenvalue weighted by Gasteiger charge is 2.23. The molecule has 0 aliphatic heterocycles. The molecule has 8 heteroatoms. The van der Waals surface area contributed by atoms with Crippen molar-refractivity contribution < 1.29 is 28.6 Å². The summed E-state index contributed by atoms with van der Waals surface area (Å²) in [5.41, 5.74) is 0. The lowest BCUT2D eigenvalue weighted by Crippen LogP contribution is -2.08. The first-order valence-corrected chi connectivity index (χ1v) is 7.21. The molecule has 0 spiro atoms. The summed E-state index contributed by atoms with van der Waals surface area (Å²) in [6.45, 7) is 4.36. The minimum atomic E-state index is -0.601. The van der Waals surface area contributed by atoms with Gasteiger partial charge >= 0.3 is 17.9 Å². The average Bonchev–Trinajstić information content (AvgIpc) is 2.76. The number of pyridine rings is 1. The monoisotopic (exact) mass is 323 g/mol. The molecule has 2 rings (SSSR count). The number of carbonyl (C=O) groups is 3. The fourth-order valence-corrected chi connectivity index (χ4v) is 2.71. The Hall–Kier alpha value is -2.48. The first-order chi connectivity index (χ1) is 10.4. The van der Waals surface area contributed by atoms with Crippen molar-refractivity contribution in [3.05, 3.63) is 17.0 Å². The minimum Gasteiger partial charge on any atom is -0.462 e. The Morgan fingerprint density at radius 1 is 1.14 bits per heavy atom. The van der Waals surface area contributed by atoms with Crippen LogP contribution in [-0.2, 0) is 14.3 Å². The molecule has 0 unspecified atom stereocenters.